The van der Waals surface area contributed by atoms with Gasteiger partial charge in [-0.15, -0.1) is 0 Å². The summed E-state index contributed by atoms with van der Waals surface area (Å²) >= 11 is 0. The number of aromatic nitrogens is 1. The van der Waals surface area contributed by atoms with Gasteiger partial charge in [-0.1, -0.05) is 0 Å². The number of morpholine rings is 1. The zero-order valence-electron chi connectivity index (χ0n) is 14.9. The molecule has 7 nitrogen and oxygen atoms in total. The fourth-order valence-corrected chi connectivity index (χ4v) is 2.56. The Morgan fingerprint density at radius 1 is 1.42 bits per heavy atom. The third-order valence-electron chi connectivity index (χ3n) is 4.01. The van der Waals surface area contributed by atoms with Crippen molar-refractivity contribution in [1.82, 2.24) is 20.5 Å². The first-order valence-electron chi connectivity index (χ1n) is 8.55. The highest BCUT2D eigenvalue weighted by Gasteiger charge is 2.16. The maximum atomic E-state index is 5.41. The Hall–Kier alpha value is -1.86. The number of hydrogen-bond donors (Lipinski definition) is 2. The van der Waals surface area contributed by atoms with Gasteiger partial charge in [-0.05, 0) is 25.5 Å². The molecule has 0 amide bonds. The summed E-state index contributed by atoms with van der Waals surface area (Å²) in [5.74, 6) is 1.44. The molecule has 1 atom stereocenters. The third-order valence-corrected chi connectivity index (χ3v) is 4.01. The summed E-state index contributed by atoms with van der Waals surface area (Å²) < 4.78 is 10.6. The molecule has 24 heavy (non-hydrogen) atoms. The van der Waals surface area contributed by atoms with Gasteiger partial charge in [0.05, 0.1) is 26.9 Å². The minimum Gasteiger partial charge on any atom is -0.481 e. The number of aliphatic imine (C=N–C) groups is 1. The second-order valence-corrected chi connectivity index (χ2v) is 5.78. The van der Waals surface area contributed by atoms with E-state index in [0.717, 1.165) is 50.9 Å². The minimum absolute atomic E-state index is 0.443. The highest BCUT2D eigenvalue weighted by atomic mass is 16.5. The Kier molecular flexibility index (Phi) is 7.77. The summed E-state index contributed by atoms with van der Waals surface area (Å²) in [6, 6.07) is 4.30. The molecule has 134 valence electrons. The van der Waals surface area contributed by atoms with Crippen molar-refractivity contribution in [2.75, 3.05) is 46.5 Å². The molecule has 1 unspecified atom stereocenters. The lowest BCUT2D eigenvalue weighted by molar-refractivity contribution is 0.0211. The molecule has 2 N–H and O–H groups in total. The number of ether oxygens (including phenoxy) is 2. The van der Waals surface area contributed by atoms with Crippen molar-refractivity contribution in [3.63, 3.8) is 0 Å². The van der Waals surface area contributed by atoms with E-state index in [0.29, 0.717) is 18.5 Å². The van der Waals surface area contributed by atoms with Gasteiger partial charge in [0.2, 0.25) is 5.88 Å². The number of guanidine groups is 1. The Morgan fingerprint density at radius 3 is 2.92 bits per heavy atom. The van der Waals surface area contributed by atoms with Crippen LogP contribution in [-0.4, -0.2) is 68.4 Å². The van der Waals surface area contributed by atoms with Crippen molar-refractivity contribution in [3.8, 4) is 5.88 Å². The Bertz CT molecular complexity index is 517. The maximum Gasteiger partial charge on any atom is 0.213 e. The fraction of sp³-hybridized carbons (Fsp3) is 0.647. The van der Waals surface area contributed by atoms with Crippen LogP contribution in [0.2, 0.25) is 0 Å². The maximum absolute atomic E-state index is 5.41. The number of rotatable bonds is 7. The van der Waals surface area contributed by atoms with Gasteiger partial charge in [0.25, 0.3) is 0 Å². The number of methoxy groups -OCH3 is 1. The number of pyridine rings is 1. The topological polar surface area (TPSA) is 71.0 Å². The van der Waals surface area contributed by atoms with Crippen LogP contribution < -0.4 is 15.4 Å². The average Bonchev–Trinajstić information content (AvgIpc) is 2.64. The molecule has 2 rings (SSSR count). The van der Waals surface area contributed by atoms with Crippen LogP contribution in [0.3, 0.4) is 0 Å². The van der Waals surface area contributed by atoms with E-state index in [1.54, 1.807) is 13.3 Å². The summed E-state index contributed by atoms with van der Waals surface area (Å²) in [5.41, 5.74) is 1.07. The summed E-state index contributed by atoms with van der Waals surface area (Å²) in [5, 5.41) is 6.71. The second-order valence-electron chi connectivity index (χ2n) is 5.78. The Morgan fingerprint density at radius 2 is 2.21 bits per heavy atom. The van der Waals surface area contributed by atoms with Crippen LogP contribution in [0.4, 0.5) is 0 Å². The first kappa shape index (κ1) is 18.5. The Labute approximate surface area is 144 Å². The summed E-state index contributed by atoms with van der Waals surface area (Å²) in [6.07, 6.45) is 1.74. The van der Waals surface area contributed by atoms with Crippen LogP contribution in [-0.2, 0) is 11.3 Å². The normalized spacial score (nSPS) is 17.4. The van der Waals surface area contributed by atoms with Gasteiger partial charge in [-0.25, -0.2) is 9.98 Å². The fourth-order valence-electron chi connectivity index (χ4n) is 2.56. The molecule has 1 aromatic rings. The molecule has 1 aromatic heterocycles. The van der Waals surface area contributed by atoms with E-state index in [-0.39, 0.29) is 0 Å². The van der Waals surface area contributed by atoms with Gasteiger partial charge in [0.15, 0.2) is 5.96 Å². The molecule has 0 aliphatic carbocycles. The van der Waals surface area contributed by atoms with Crippen molar-refractivity contribution in [2.45, 2.75) is 26.4 Å². The predicted octanol–water partition coefficient (Wildman–Crippen LogP) is 0.866. The first-order valence-corrected chi connectivity index (χ1v) is 8.55. The van der Waals surface area contributed by atoms with Crippen LogP contribution >= 0.6 is 0 Å². The van der Waals surface area contributed by atoms with Gasteiger partial charge in [-0.2, -0.15) is 0 Å². The van der Waals surface area contributed by atoms with Gasteiger partial charge in [-0.3, -0.25) is 4.90 Å². The molecule has 1 fully saturated rings. The molecule has 0 spiro atoms. The van der Waals surface area contributed by atoms with Gasteiger partial charge >= 0.3 is 0 Å². The molecule has 7 heteroatoms. The van der Waals surface area contributed by atoms with E-state index < -0.39 is 0 Å². The van der Waals surface area contributed by atoms with E-state index in [9.17, 15) is 0 Å². The van der Waals surface area contributed by atoms with Crippen LogP contribution in [0, 0.1) is 0 Å². The van der Waals surface area contributed by atoms with Crippen LogP contribution in [0.25, 0.3) is 0 Å². The highest BCUT2D eigenvalue weighted by molar-refractivity contribution is 5.79. The van der Waals surface area contributed by atoms with Gasteiger partial charge < -0.3 is 20.1 Å². The van der Waals surface area contributed by atoms with Crippen molar-refractivity contribution < 1.29 is 9.47 Å². The van der Waals surface area contributed by atoms with Crippen molar-refractivity contribution in [2.24, 2.45) is 4.99 Å². The molecule has 1 aliphatic rings. The lowest BCUT2D eigenvalue weighted by Gasteiger charge is -2.32. The molecule has 0 aromatic carbocycles. The third kappa shape index (κ3) is 5.98. The summed E-state index contributed by atoms with van der Waals surface area (Å²) in [4.78, 5) is 11.2. The largest absolute Gasteiger partial charge is 0.481 e. The quantitative estimate of drug-likeness (QED) is 0.569. The molecule has 0 saturated carbocycles. The first-order chi connectivity index (χ1) is 11.7. The minimum atomic E-state index is 0.443. The molecular weight excluding hydrogens is 306 g/mol. The van der Waals surface area contributed by atoms with Gasteiger partial charge in [0.1, 0.15) is 0 Å². The monoisotopic (exact) mass is 335 g/mol. The standard InChI is InChI=1S/C17H29N5O2/c1-4-18-17(20-12-14(2)22-7-9-24-10-8-22)21-13-15-5-6-19-16(11-15)23-3/h5-6,11,14H,4,7-10,12-13H2,1-3H3,(H2,18,20,21). The van der Waals surface area contributed by atoms with Crippen molar-refractivity contribution >= 4 is 5.96 Å². The molecule has 2 heterocycles. The van der Waals surface area contributed by atoms with E-state index in [2.05, 4.69) is 39.4 Å². The van der Waals surface area contributed by atoms with Crippen LogP contribution in [0.15, 0.2) is 23.3 Å². The summed E-state index contributed by atoms with van der Waals surface area (Å²) in [7, 11) is 1.62. The van der Waals surface area contributed by atoms with Crippen LogP contribution in [0.5, 0.6) is 5.88 Å². The molecule has 1 aliphatic heterocycles. The zero-order valence-corrected chi connectivity index (χ0v) is 14.9. The van der Waals surface area contributed by atoms with Crippen LogP contribution in [0.1, 0.15) is 19.4 Å². The average molecular weight is 335 g/mol. The van der Waals surface area contributed by atoms with E-state index in [4.69, 9.17) is 9.47 Å². The van der Waals surface area contributed by atoms with Crippen molar-refractivity contribution in [3.05, 3.63) is 23.9 Å². The molecule has 1 saturated heterocycles. The second kappa shape index (κ2) is 10.1. The predicted molar refractivity (Wildman–Crippen MR) is 95.5 cm³/mol. The SMILES string of the molecule is CCNC(=NCc1ccnc(OC)c1)NCC(C)N1CCOCC1. The number of nitrogens with zero attached hydrogens (tertiary/aromatic N) is 3. The molecule has 0 radical (unpaired) electrons. The van der Waals surface area contributed by atoms with E-state index in [1.165, 1.54) is 0 Å². The van der Waals surface area contributed by atoms with Crippen molar-refractivity contribution in [1.29, 1.82) is 0 Å². The molecular formula is C17H29N5O2. The van der Waals surface area contributed by atoms with Gasteiger partial charge in [0, 0.05) is 44.5 Å². The van der Waals surface area contributed by atoms with E-state index in [1.807, 2.05) is 12.1 Å². The van der Waals surface area contributed by atoms with E-state index >= 15 is 0 Å². The Balaban J connectivity index is 1.87. The lowest BCUT2D eigenvalue weighted by atomic mass is 10.2. The smallest absolute Gasteiger partial charge is 0.213 e. The highest BCUT2D eigenvalue weighted by Crippen LogP contribution is 2.09. The molecule has 0 bridgehead atoms. The lowest BCUT2D eigenvalue weighted by Crippen LogP contribution is -2.49. The number of nitrogens with one attached hydrogen (secondary N) is 2. The zero-order chi connectivity index (χ0) is 17.2. The summed E-state index contributed by atoms with van der Waals surface area (Å²) in [6.45, 7) is 10.2. The number of hydrogen-bond acceptors (Lipinski definition) is 5.